The molecule has 9 heteroatoms. The second kappa shape index (κ2) is 6.80. The van der Waals surface area contributed by atoms with Gasteiger partial charge in [0.25, 0.3) is 5.69 Å². The Bertz CT molecular complexity index is 647. The molecule has 1 aliphatic heterocycles. The Labute approximate surface area is 145 Å². The molecule has 0 radical (unpaired) electrons. The predicted octanol–water partition coefficient (Wildman–Crippen LogP) is 3.09. The number of nitro groups is 1. The van der Waals surface area contributed by atoms with Crippen molar-refractivity contribution in [1.29, 1.82) is 0 Å². The first-order valence-electron chi connectivity index (χ1n) is 7.63. The van der Waals surface area contributed by atoms with Gasteiger partial charge in [0.2, 0.25) is 0 Å². The van der Waals surface area contributed by atoms with Crippen LogP contribution in [0.15, 0.2) is 12.3 Å². The lowest BCUT2D eigenvalue weighted by atomic mass is 10.2. The number of hydrogen-bond donors (Lipinski definition) is 0. The summed E-state index contributed by atoms with van der Waals surface area (Å²) in [6.45, 7) is 8.89. The number of piperazine rings is 1. The van der Waals surface area contributed by atoms with Crippen molar-refractivity contribution in [2.45, 2.75) is 39.3 Å². The van der Waals surface area contributed by atoms with Crippen LogP contribution in [0.25, 0.3) is 0 Å². The van der Waals surface area contributed by atoms with Gasteiger partial charge in [0, 0.05) is 31.7 Å². The molecule has 1 aliphatic rings. The number of carbonyl (C=O) groups excluding carboxylic acids is 1. The summed E-state index contributed by atoms with van der Waals surface area (Å²) in [6, 6.07) is 1.19. The van der Waals surface area contributed by atoms with Crippen molar-refractivity contribution in [2.24, 2.45) is 0 Å². The average Bonchev–Trinajstić information content (AvgIpc) is 2.44. The van der Waals surface area contributed by atoms with Crippen LogP contribution in [-0.4, -0.2) is 52.2 Å². The van der Waals surface area contributed by atoms with Gasteiger partial charge in [-0.1, -0.05) is 11.6 Å². The Kier molecular flexibility index (Phi) is 5.17. The number of pyridine rings is 1. The number of rotatable bonds is 2. The summed E-state index contributed by atoms with van der Waals surface area (Å²) in [7, 11) is 0. The molecular formula is C15H21ClN4O4. The van der Waals surface area contributed by atoms with Crippen LogP contribution in [0.2, 0.25) is 5.02 Å². The minimum Gasteiger partial charge on any atom is -0.444 e. The quantitative estimate of drug-likeness (QED) is 0.597. The molecule has 0 unspecified atom stereocenters. The lowest BCUT2D eigenvalue weighted by molar-refractivity contribution is -0.385. The zero-order valence-corrected chi connectivity index (χ0v) is 14.9. The molecule has 0 saturated carbocycles. The molecule has 2 rings (SSSR count). The van der Waals surface area contributed by atoms with Gasteiger partial charge >= 0.3 is 6.09 Å². The zero-order valence-electron chi connectivity index (χ0n) is 14.2. The second-order valence-corrected chi connectivity index (χ2v) is 7.13. The van der Waals surface area contributed by atoms with E-state index in [4.69, 9.17) is 16.3 Å². The van der Waals surface area contributed by atoms with Gasteiger partial charge in [-0.05, 0) is 27.7 Å². The van der Waals surface area contributed by atoms with Gasteiger partial charge in [0.1, 0.15) is 17.6 Å². The molecule has 1 aromatic rings. The number of anilines is 1. The van der Waals surface area contributed by atoms with Crippen LogP contribution in [0.3, 0.4) is 0 Å². The summed E-state index contributed by atoms with van der Waals surface area (Å²) < 4.78 is 5.41. The van der Waals surface area contributed by atoms with Gasteiger partial charge in [0.15, 0.2) is 0 Å². The van der Waals surface area contributed by atoms with E-state index >= 15 is 0 Å². The molecule has 24 heavy (non-hydrogen) atoms. The van der Waals surface area contributed by atoms with E-state index in [0.717, 1.165) is 0 Å². The zero-order chi connectivity index (χ0) is 18.1. The molecule has 1 atom stereocenters. The van der Waals surface area contributed by atoms with E-state index in [2.05, 4.69) is 4.98 Å². The van der Waals surface area contributed by atoms with Crippen LogP contribution in [0.4, 0.5) is 16.3 Å². The van der Waals surface area contributed by atoms with Gasteiger partial charge in [-0.25, -0.2) is 9.78 Å². The fourth-order valence-electron chi connectivity index (χ4n) is 2.49. The van der Waals surface area contributed by atoms with Crippen LogP contribution in [0.1, 0.15) is 27.7 Å². The molecule has 2 heterocycles. The molecule has 0 spiro atoms. The Balaban J connectivity index is 2.08. The fourth-order valence-corrected chi connectivity index (χ4v) is 2.78. The number of ether oxygens (including phenoxy) is 1. The first-order chi connectivity index (χ1) is 11.1. The van der Waals surface area contributed by atoms with Gasteiger partial charge in [-0.3, -0.25) is 10.1 Å². The Morgan fingerprint density at radius 2 is 2.12 bits per heavy atom. The summed E-state index contributed by atoms with van der Waals surface area (Å²) in [6.07, 6.45) is 0.837. The summed E-state index contributed by atoms with van der Waals surface area (Å²) in [5.41, 5.74) is -0.693. The van der Waals surface area contributed by atoms with E-state index in [-0.39, 0.29) is 22.8 Å². The monoisotopic (exact) mass is 356 g/mol. The SMILES string of the molecule is C[C@@H]1CN(c2ncc([N+](=O)[O-])cc2Cl)CCN1C(=O)OC(C)(C)C. The number of nitrogens with zero attached hydrogens (tertiary/aromatic N) is 4. The van der Waals surface area contributed by atoms with Gasteiger partial charge in [-0.15, -0.1) is 0 Å². The summed E-state index contributed by atoms with van der Waals surface area (Å²) in [5.74, 6) is 0.484. The van der Waals surface area contributed by atoms with E-state index in [9.17, 15) is 14.9 Å². The number of halogens is 1. The normalized spacial score (nSPS) is 18.5. The van der Waals surface area contributed by atoms with E-state index < -0.39 is 10.5 Å². The average molecular weight is 357 g/mol. The van der Waals surface area contributed by atoms with Crippen molar-refractivity contribution in [3.63, 3.8) is 0 Å². The van der Waals surface area contributed by atoms with Crippen molar-refractivity contribution in [2.75, 3.05) is 24.5 Å². The number of hydrogen-bond acceptors (Lipinski definition) is 6. The number of aromatic nitrogens is 1. The molecule has 1 amide bonds. The highest BCUT2D eigenvalue weighted by Gasteiger charge is 2.32. The third-order valence-corrected chi connectivity index (χ3v) is 3.85. The van der Waals surface area contributed by atoms with Crippen LogP contribution in [0, 0.1) is 10.1 Å². The summed E-state index contributed by atoms with van der Waals surface area (Å²) in [4.78, 5) is 30.1. The first-order valence-corrected chi connectivity index (χ1v) is 8.01. The molecule has 1 fully saturated rings. The lowest BCUT2D eigenvalue weighted by Crippen LogP contribution is -2.55. The third kappa shape index (κ3) is 4.25. The van der Waals surface area contributed by atoms with E-state index in [1.54, 1.807) is 4.90 Å². The molecule has 0 bridgehead atoms. The van der Waals surface area contributed by atoms with Crippen molar-refractivity contribution in [3.8, 4) is 0 Å². The molecule has 1 saturated heterocycles. The standard InChI is InChI=1S/C15H21ClN4O4/c1-10-9-18(5-6-19(10)14(21)24-15(2,3)4)13-12(16)7-11(8-17-13)20(22)23/h7-8,10H,5-6,9H2,1-4H3/t10-/m1/s1. The molecule has 0 aliphatic carbocycles. The smallest absolute Gasteiger partial charge is 0.410 e. The van der Waals surface area contributed by atoms with Crippen LogP contribution >= 0.6 is 11.6 Å². The van der Waals surface area contributed by atoms with Crippen LogP contribution in [0.5, 0.6) is 0 Å². The second-order valence-electron chi connectivity index (χ2n) is 6.72. The summed E-state index contributed by atoms with van der Waals surface area (Å²) >= 11 is 6.13. The Morgan fingerprint density at radius 1 is 1.46 bits per heavy atom. The minimum absolute atomic E-state index is 0.0957. The maximum Gasteiger partial charge on any atom is 0.410 e. The van der Waals surface area contributed by atoms with Gasteiger partial charge in [0.05, 0.1) is 9.95 Å². The Morgan fingerprint density at radius 3 is 2.62 bits per heavy atom. The van der Waals surface area contributed by atoms with Gasteiger partial charge < -0.3 is 14.5 Å². The Hall–Kier alpha value is -2.09. The third-order valence-electron chi connectivity index (χ3n) is 3.57. The molecule has 1 aromatic heterocycles. The van der Waals surface area contributed by atoms with Crippen LogP contribution < -0.4 is 4.90 Å². The van der Waals surface area contributed by atoms with Crippen molar-refractivity contribution in [3.05, 3.63) is 27.4 Å². The first kappa shape index (κ1) is 18.3. The highest BCUT2D eigenvalue weighted by molar-refractivity contribution is 6.33. The van der Waals surface area contributed by atoms with E-state index in [1.807, 2.05) is 32.6 Å². The maximum atomic E-state index is 12.2. The predicted molar refractivity (Wildman–Crippen MR) is 90.5 cm³/mol. The number of carbonyl (C=O) groups is 1. The fraction of sp³-hybridized carbons (Fsp3) is 0.600. The topological polar surface area (TPSA) is 88.8 Å². The van der Waals surface area contributed by atoms with Crippen molar-refractivity contribution in [1.82, 2.24) is 9.88 Å². The molecular weight excluding hydrogens is 336 g/mol. The molecule has 0 N–H and O–H groups in total. The minimum atomic E-state index is -0.544. The largest absolute Gasteiger partial charge is 0.444 e. The van der Waals surface area contributed by atoms with Crippen LogP contribution in [-0.2, 0) is 4.74 Å². The van der Waals surface area contributed by atoms with Crippen molar-refractivity contribution >= 4 is 29.2 Å². The molecule has 0 aromatic carbocycles. The van der Waals surface area contributed by atoms with E-state index in [0.29, 0.717) is 25.5 Å². The number of amides is 1. The highest BCUT2D eigenvalue weighted by atomic mass is 35.5. The lowest BCUT2D eigenvalue weighted by Gasteiger charge is -2.40. The van der Waals surface area contributed by atoms with E-state index in [1.165, 1.54) is 12.3 Å². The van der Waals surface area contributed by atoms with Crippen molar-refractivity contribution < 1.29 is 14.5 Å². The highest BCUT2D eigenvalue weighted by Crippen LogP contribution is 2.29. The van der Waals surface area contributed by atoms with Gasteiger partial charge in [-0.2, -0.15) is 0 Å². The molecule has 132 valence electrons. The molecule has 8 nitrogen and oxygen atoms in total. The summed E-state index contributed by atoms with van der Waals surface area (Å²) in [5, 5.41) is 11.0. The maximum absolute atomic E-state index is 12.2.